The molecule has 0 saturated heterocycles. The Morgan fingerprint density at radius 3 is 2.79 bits per heavy atom. The number of aromatic nitrogens is 1. The second kappa shape index (κ2) is 8.69. The molecule has 0 aliphatic heterocycles. The van der Waals surface area contributed by atoms with Gasteiger partial charge in [0, 0.05) is 42.6 Å². The normalized spacial score (nSPS) is 14.6. The van der Waals surface area contributed by atoms with Gasteiger partial charge in [0.2, 0.25) is 5.91 Å². The van der Waals surface area contributed by atoms with Crippen LogP contribution in [0.3, 0.4) is 0 Å². The van der Waals surface area contributed by atoms with Gasteiger partial charge in [0.15, 0.2) is 5.78 Å². The Morgan fingerprint density at radius 1 is 1.32 bits per heavy atom. The zero-order chi connectivity index (χ0) is 20.3. The van der Waals surface area contributed by atoms with E-state index in [1.807, 2.05) is 18.4 Å². The van der Waals surface area contributed by atoms with Crippen LogP contribution in [-0.4, -0.2) is 36.0 Å². The van der Waals surface area contributed by atoms with E-state index in [2.05, 4.69) is 5.32 Å². The maximum atomic E-state index is 14.2. The Balaban J connectivity index is 1.92. The summed E-state index contributed by atoms with van der Waals surface area (Å²) in [5.41, 5.74) is 3.78. The SMILES string of the molecule is CO[C@H](C)CNC(=O)Cc1c2c(n(Cc3ccccc3F)c1C)CCCC2=O. The molecule has 0 spiro atoms. The zero-order valence-corrected chi connectivity index (χ0v) is 16.7. The van der Waals surface area contributed by atoms with Crippen molar-refractivity contribution >= 4 is 11.7 Å². The van der Waals surface area contributed by atoms with Crippen LogP contribution < -0.4 is 5.32 Å². The number of benzene rings is 1. The van der Waals surface area contributed by atoms with Crippen LogP contribution in [0.25, 0.3) is 0 Å². The third kappa shape index (κ3) is 4.17. The molecule has 0 bridgehead atoms. The number of rotatable bonds is 7. The molecule has 0 radical (unpaired) electrons. The summed E-state index contributed by atoms with van der Waals surface area (Å²) >= 11 is 0. The lowest BCUT2D eigenvalue weighted by Gasteiger charge is -2.16. The Morgan fingerprint density at radius 2 is 2.07 bits per heavy atom. The van der Waals surface area contributed by atoms with Gasteiger partial charge in [-0.2, -0.15) is 0 Å². The molecule has 1 aliphatic carbocycles. The first-order valence-electron chi connectivity index (χ1n) is 9.69. The van der Waals surface area contributed by atoms with Crippen molar-refractivity contribution in [2.24, 2.45) is 0 Å². The highest BCUT2D eigenvalue weighted by Gasteiger charge is 2.29. The largest absolute Gasteiger partial charge is 0.380 e. The second-order valence-corrected chi connectivity index (χ2v) is 7.37. The van der Waals surface area contributed by atoms with E-state index < -0.39 is 0 Å². The van der Waals surface area contributed by atoms with Gasteiger partial charge >= 0.3 is 0 Å². The van der Waals surface area contributed by atoms with Crippen LogP contribution in [-0.2, 0) is 28.9 Å². The number of nitrogens with zero attached hydrogens (tertiary/aromatic N) is 1. The van der Waals surface area contributed by atoms with Gasteiger partial charge in [-0.3, -0.25) is 9.59 Å². The number of hydrogen-bond donors (Lipinski definition) is 1. The smallest absolute Gasteiger partial charge is 0.224 e. The van der Waals surface area contributed by atoms with Crippen LogP contribution in [0.15, 0.2) is 24.3 Å². The van der Waals surface area contributed by atoms with Gasteiger partial charge in [0.05, 0.1) is 19.1 Å². The van der Waals surface area contributed by atoms with Crippen LogP contribution in [0.5, 0.6) is 0 Å². The minimum atomic E-state index is -0.265. The molecule has 1 aromatic heterocycles. The van der Waals surface area contributed by atoms with Gasteiger partial charge in [-0.1, -0.05) is 18.2 Å². The van der Waals surface area contributed by atoms with E-state index in [0.717, 1.165) is 29.8 Å². The van der Waals surface area contributed by atoms with E-state index in [4.69, 9.17) is 4.74 Å². The maximum Gasteiger partial charge on any atom is 0.224 e. The number of halogens is 1. The molecule has 6 heteroatoms. The van der Waals surface area contributed by atoms with Gasteiger partial charge in [-0.25, -0.2) is 4.39 Å². The van der Waals surface area contributed by atoms with Gasteiger partial charge in [0.1, 0.15) is 5.82 Å². The summed E-state index contributed by atoms with van der Waals surface area (Å²) in [7, 11) is 1.60. The van der Waals surface area contributed by atoms with Gasteiger partial charge < -0.3 is 14.6 Å². The fraction of sp³-hybridized carbons (Fsp3) is 0.455. The molecular formula is C22H27FN2O3. The molecule has 1 N–H and O–H groups in total. The van der Waals surface area contributed by atoms with Crippen molar-refractivity contribution < 1.29 is 18.7 Å². The summed E-state index contributed by atoms with van der Waals surface area (Å²) in [5.74, 6) is -0.333. The second-order valence-electron chi connectivity index (χ2n) is 7.37. The van der Waals surface area contributed by atoms with Crippen molar-refractivity contribution in [3.8, 4) is 0 Å². The Kier molecular flexibility index (Phi) is 6.29. The Labute approximate surface area is 164 Å². The van der Waals surface area contributed by atoms with Crippen LogP contribution in [0, 0.1) is 12.7 Å². The number of hydrogen-bond acceptors (Lipinski definition) is 3. The first-order valence-corrected chi connectivity index (χ1v) is 9.69. The molecule has 1 aromatic carbocycles. The molecule has 150 valence electrons. The van der Waals surface area contributed by atoms with E-state index in [1.165, 1.54) is 6.07 Å². The molecule has 1 aliphatic rings. The summed E-state index contributed by atoms with van der Waals surface area (Å²) in [4.78, 5) is 25.1. The van der Waals surface area contributed by atoms with Crippen molar-refractivity contribution in [3.63, 3.8) is 0 Å². The predicted octanol–water partition coefficient (Wildman–Crippen LogP) is 3.20. The summed E-state index contributed by atoms with van der Waals surface area (Å²) < 4.78 is 21.3. The minimum Gasteiger partial charge on any atom is -0.380 e. The van der Waals surface area contributed by atoms with Crippen molar-refractivity contribution in [1.29, 1.82) is 0 Å². The number of ether oxygens (including phenoxy) is 1. The summed E-state index contributed by atoms with van der Waals surface area (Å²) in [6, 6.07) is 6.67. The number of Topliss-reactive ketones (excluding diaryl/α,β-unsaturated/α-hetero) is 1. The number of ketones is 1. The summed E-state index contributed by atoms with van der Waals surface area (Å²) in [6.07, 6.45) is 2.10. The van der Waals surface area contributed by atoms with Gasteiger partial charge in [0.25, 0.3) is 0 Å². The van der Waals surface area contributed by atoms with Crippen molar-refractivity contribution in [1.82, 2.24) is 9.88 Å². The number of carbonyl (C=O) groups excluding carboxylic acids is 2. The first kappa shape index (κ1) is 20.3. The average molecular weight is 386 g/mol. The van der Waals surface area contributed by atoms with E-state index >= 15 is 0 Å². The van der Waals surface area contributed by atoms with Crippen LogP contribution in [0.1, 0.15) is 52.6 Å². The highest BCUT2D eigenvalue weighted by molar-refractivity contribution is 6.01. The fourth-order valence-electron chi connectivity index (χ4n) is 3.78. The van der Waals surface area contributed by atoms with Gasteiger partial charge in [-0.05, 0) is 38.3 Å². The number of fused-ring (bicyclic) bond motifs is 1. The standard InChI is InChI=1S/C22H27FN2O3/c1-14(28-3)12-24-21(27)11-17-15(2)25(13-16-7-4-5-8-18(16)23)19-9-6-10-20(26)22(17)19/h4-5,7-8,14H,6,9-13H2,1-3H3,(H,24,27)/t14-/m1/s1. The average Bonchev–Trinajstić information content (AvgIpc) is 2.94. The molecule has 1 amide bonds. The Bertz CT molecular complexity index is 888. The highest BCUT2D eigenvalue weighted by atomic mass is 19.1. The van der Waals surface area contributed by atoms with Crippen molar-refractivity contribution in [2.75, 3.05) is 13.7 Å². The lowest BCUT2D eigenvalue weighted by molar-refractivity contribution is -0.120. The van der Waals surface area contributed by atoms with E-state index in [1.54, 1.807) is 25.3 Å². The molecule has 1 heterocycles. The van der Waals surface area contributed by atoms with Crippen LogP contribution >= 0.6 is 0 Å². The third-order valence-corrected chi connectivity index (χ3v) is 5.47. The molecule has 28 heavy (non-hydrogen) atoms. The highest BCUT2D eigenvalue weighted by Crippen LogP contribution is 2.31. The molecule has 2 aromatic rings. The molecule has 0 unspecified atom stereocenters. The molecule has 0 saturated carbocycles. The van der Waals surface area contributed by atoms with E-state index in [-0.39, 0.29) is 30.0 Å². The molecule has 1 atom stereocenters. The quantitative estimate of drug-likeness (QED) is 0.795. The number of nitrogens with one attached hydrogen (secondary N) is 1. The van der Waals surface area contributed by atoms with Crippen LogP contribution in [0.4, 0.5) is 4.39 Å². The zero-order valence-electron chi connectivity index (χ0n) is 16.7. The van der Waals surface area contributed by atoms with E-state index in [0.29, 0.717) is 30.6 Å². The lowest BCUT2D eigenvalue weighted by Crippen LogP contribution is -2.33. The first-order chi connectivity index (χ1) is 13.4. The summed E-state index contributed by atoms with van der Waals surface area (Å²) in [5, 5.41) is 2.85. The number of methoxy groups -OCH3 is 1. The monoisotopic (exact) mass is 386 g/mol. The lowest BCUT2D eigenvalue weighted by atomic mass is 9.92. The topological polar surface area (TPSA) is 60.3 Å². The molecule has 0 fully saturated rings. The minimum absolute atomic E-state index is 0.0738. The molecule has 5 nitrogen and oxygen atoms in total. The van der Waals surface area contributed by atoms with Gasteiger partial charge in [-0.15, -0.1) is 0 Å². The van der Waals surface area contributed by atoms with E-state index in [9.17, 15) is 14.0 Å². The van der Waals surface area contributed by atoms with Crippen molar-refractivity contribution in [3.05, 3.63) is 58.2 Å². The van der Waals surface area contributed by atoms with Crippen LogP contribution in [0.2, 0.25) is 0 Å². The summed E-state index contributed by atoms with van der Waals surface area (Å²) in [6.45, 7) is 4.56. The molecule has 3 rings (SSSR count). The number of amides is 1. The molecular weight excluding hydrogens is 359 g/mol. The third-order valence-electron chi connectivity index (χ3n) is 5.47. The van der Waals surface area contributed by atoms with Crippen molar-refractivity contribution in [2.45, 2.75) is 52.2 Å². The Hall–Kier alpha value is -2.47. The predicted molar refractivity (Wildman–Crippen MR) is 105 cm³/mol. The maximum absolute atomic E-state index is 14.2. The number of carbonyl (C=O) groups is 2. The fourth-order valence-corrected chi connectivity index (χ4v) is 3.78.